The highest BCUT2D eigenvalue weighted by atomic mass is 32.2. The molecule has 10 heteroatoms. The molecule has 6 heterocycles. The molecular weight excluding hydrogens is 1850 g/mol. The van der Waals surface area contributed by atoms with Gasteiger partial charge in [-0.2, -0.15) is 5.26 Å². The minimum absolute atomic E-state index is 0.0806. The highest BCUT2D eigenvalue weighted by Crippen LogP contribution is 2.57. The van der Waals surface area contributed by atoms with E-state index in [1.165, 1.54) is 182 Å². The number of nitrogens with zero attached hydrogens (tertiary/aromatic N) is 7. The summed E-state index contributed by atoms with van der Waals surface area (Å²) in [5.74, 6) is 0. The largest absolute Gasteiger partial charge is 0.310 e. The lowest BCUT2D eigenvalue weighted by Gasteiger charge is -2.36. The van der Waals surface area contributed by atoms with Crippen LogP contribution in [0.5, 0.6) is 0 Å². The maximum absolute atomic E-state index is 9.60. The van der Waals surface area contributed by atoms with E-state index >= 15 is 0 Å². The van der Waals surface area contributed by atoms with E-state index in [2.05, 4.69) is 555 Å². The first-order chi connectivity index (χ1) is 72.6. The minimum atomic E-state index is -0.103. The summed E-state index contributed by atoms with van der Waals surface area (Å²) in [6.45, 7) is 14.1. The molecule has 26 aromatic rings. The van der Waals surface area contributed by atoms with Gasteiger partial charge in [-0.25, -0.2) is 0 Å². The molecule has 0 bridgehead atoms. The van der Waals surface area contributed by atoms with Crippen LogP contribution in [0.4, 0.5) is 51.2 Å². The van der Waals surface area contributed by atoms with Crippen LogP contribution >= 0.6 is 35.3 Å². The Morgan fingerprint density at radius 1 is 0.196 bits per heavy atom. The number of anilines is 9. The van der Waals surface area contributed by atoms with E-state index in [1.807, 2.05) is 47.4 Å². The second-order valence-electron chi connectivity index (χ2n) is 40.6. The van der Waals surface area contributed by atoms with Crippen molar-refractivity contribution < 1.29 is 0 Å². The molecule has 0 fully saturated rings. The van der Waals surface area contributed by atoms with Crippen LogP contribution in [-0.4, -0.2) is 13.7 Å². The van der Waals surface area contributed by atoms with Crippen LogP contribution in [0.2, 0.25) is 0 Å². The van der Waals surface area contributed by atoms with Gasteiger partial charge in [-0.1, -0.05) is 362 Å². The van der Waals surface area contributed by atoms with Gasteiger partial charge >= 0.3 is 0 Å². The topological polar surface area (TPSA) is 48.3 Å². The first-order valence-electron chi connectivity index (χ1n) is 50.8. The molecule has 704 valence electrons. The molecule has 0 saturated heterocycles. The van der Waals surface area contributed by atoms with E-state index in [1.54, 1.807) is 0 Å². The van der Waals surface area contributed by atoms with E-state index in [0.717, 1.165) is 68.1 Å². The van der Waals surface area contributed by atoms with E-state index in [9.17, 15) is 5.26 Å². The zero-order chi connectivity index (χ0) is 99.2. The maximum Gasteiger partial charge on any atom is 0.0991 e. The summed E-state index contributed by atoms with van der Waals surface area (Å²) in [4.78, 5) is 15.1. The summed E-state index contributed by atoms with van der Waals surface area (Å²) in [6.07, 6.45) is 0. The Hall–Kier alpha value is -17.3. The van der Waals surface area contributed by atoms with Crippen molar-refractivity contribution in [2.45, 2.75) is 87.2 Å². The van der Waals surface area contributed by atoms with Gasteiger partial charge in [-0.3, -0.25) is 0 Å². The minimum Gasteiger partial charge on any atom is -0.310 e. The normalized spacial score (nSPS) is 13.4. The highest BCUT2D eigenvalue weighted by Gasteiger charge is 2.38. The second-order valence-corrected chi connectivity index (χ2v) is 43.8. The Bertz CT molecular complexity index is 9910. The molecule has 0 amide bonds. The number of benzene rings is 23. The van der Waals surface area contributed by atoms with Crippen molar-refractivity contribution in [3.8, 4) is 23.1 Å². The molecule has 0 atom stereocenters. The quantitative estimate of drug-likeness (QED) is 0.121. The van der Waals surface area contributed by atoms with Gasteiger partial charge in [0.1, 0.15) is 0 Å². The van der Waals surface area contributed by atoms with Gasteiger partial charge in [0.2, 0.25) is 0 Å². The molecule has 0 unspecified atom stereocenters. The Balaban J connectivity index is 0.000000110. The van der Waals surface area contributed by atoms with Crippen molar-refractivity contribution in [2.75, 3.05) is 14.7 Å². The van der Waals surface area contributed by atoms with Gasteiger partial charge in [-0.15, -0.1) is 0 Å². The summed E-state index contributed by atoms with van der Waals surface area (Å²) >= 11 is 5.62. The summed E-state index contributed by atoms with van der Waals surface area (Å²) in [7, 11) is 0. The molecule has 3 aliphatic heterocycles. The number of nitriles is 1. The van der Waals surface area contributed by atoms with Gasteiger partial charge < -0.3 is 28.4 Å². The zero-order valence-electron chi connectivity index (χ0n) is 82.6. The Kier molecular flexibility index (Phi) is 21.7. The van der Waals surface area contributed by atoms with Crippen molar-refractivity contribution in [1.29, 1.82) is 5.26 Å². The molecule has 148 heavy (non-hydrogen) atoms. The number of rotatable bonds is 12. The third-order valence-electron chi connectivity index (χ3n) is 31.0. The zero-order valence-corrected chi connectivity index (χ0v) is 85.1. The number of aromatic nitrogens is 3. The van der Waals surface area contributed by atoms with Crippen molar-refractivity contribution in [2.24, 2.45) is 0 Å². The Morgan fingerprint density at radius 2 is 0.466 bits per heavy atom. The lowest BCUT2D eigenvalue weighted by Crippen LogP contribution is -2.24. The molecule has 29 rings (SSSR count). The van der Waals surface area contributed by atoms with Crippen molar-refractivity contribution in [3.63, 3.8) is 0 Å². The molecule has 0 aliphatic carbocycles. The van der Waals surface area contributed by atoms with Crippen LogP contribution in [-0.2, 0) is 16.2 Å². The SMILES string of the molecule is CC1(C)c2ccccc2Sc2cc(N(c3ccc(C#N)cc3)c3ccc4c(c3)c3c5ccccc5ccc3n4-c3ccccc3)ccc21.CC1(C)c2ccccc2Sc2cc(N(c3ccc4c(c3)c3c5ccccc5ccc3n4-c3ccccc3)c3cccc4ccccc34)ccc21.CC1(C)c2ccccc2Sc2cc(N(c3ccc4ccccc4c3)c3ccc4c(c3)c3c5ccccc5ccc3n4-c3ccccc3)ccc21. The predicted octanol–water partition coefficient (Wildman–Crippen LogP) is 38.8. The van der Waals surface area contributed by atoms with Gasteiger partial charge in [-0.05, 0) is 288 Å². The average Bonchev–Trinajstić information content (AvgIpc) is 1.50. The summed E-state index contributed by atoms with van der Waals surface area (Å²) in [5, 5.41) is 29.5. The van der Waals surface area contributed by atoms with Crippen LogP contribution in [0.1, 0.15) is 80.5 Å². The van der Waals surface area contributed by atoms with E-state index < -0.39 is 0 Å². The molecule has 0 N–H and O–H groups in total. The maximum atomic E-state index is 9.60. The van der Waals surface area contributed by atoms with E-state index in [4.69, 9.17) is 0 Å². The van der Waals surface area contributed by atoms with E-state index in [0.29, 0.717) is 5.56 Å². The van der Waals surface area contributed by atoms with Crippen LogP contribution in [0.25, 0.3) is 136 Å². The van der Waals surface area contributed by atoms with Gasteiger partial charge in [0, 0.05) is 146 Å². The molecule has 23 aromatic carbocycles. The molecular formula is C138H99N7S3. The highest BCUT2D eigenvalue weighted by molar-refractivity contribution is 8.00. The average molecular weight is 1950 g/mol. The summed E-state index contributed by atoms with van der Waals surface area (Å²) in [5.41, 5.74) is 29.3. The molecule has 3 aliphatic rings. The Labute approximate surface area is 873 Å². The molecule has 0 spiro atoms. The summed E-state index contributed by atoms with van der Waals surface area (Å²) < 4.78 is 7.20. The number of hydrogen-bond donors (Lipinski definition) is 0. The first-order valence-corrected chi connectivity index (χ1v) is 53.2. The van der Waals surface area contributed by atoms with Crippen LogP contribution in [0.3, 0.4) is 0 Å². The lowest BCUT2D eigenvalue weighted by molar-refractivity contribution is 0.607. The first kappa shape index (κ1) is 89.5. The number of hydrogen-bond acceptors (Lipinski definition) is 7. The second kappa shape index (κ2) is 35.9. The van der Waals surface area contributed by atoms with Crippen LogP contribution in [0.15, 0.2) is 521 Å². The summed E-state index contributed by atoms with van der Waals surface area (Å²) in [6, 6.07) is 181. The number of para-hydroxylation sites is 3. The standard InChI is InChI=1S/2C47H34N2S.C44H31N3S/c1-47(2)39-20-10-11-22-44(39)50-45-30-35(24-26-40(45)47)48(41-21-12-15-31-13-6-8-18-36(31)41)34-25-28-42-38(29-34)46-37-19-9-7-14-32(37)23-27-43(46)49(42)33-16-4-3-5-17-33;1-47(2)40-18-10-11-19-44(40)50-45-30-37(23-25-41(45)47)48(35-22-20-31-12-6-7-14-33(31)28-35)36-24-27-42-39(29-36)46-38-17-9-8-13-32(38)21-26-43(46)49(42)34-15-4-3-5-16-34;1-44(2)37-14-8-9-15-41(37)48-42-27-34(21-23-38(42)44)46(32-19-16-29(28-45)17-20-32)33-22-25-39-36(26-33)43-35-13-7-6-10-30(35)18-24-40(43)47(39)31-11-4-3-5-12-31/h2*3-30H,1-2H3;3-27H,1-2H3. The fourth-order valence-electron chi connectivity index (χ4n) is 23.8. The molecule has 3 aromatic heterocycles. The third-order valence-corrected chi connectivity index (χ3v) is 34.4. The lowest BCUT2D eigenvalue weighted by atomic mass is 9.77. The van der Waals surface area contributed by atoms with Crippen molar-refractivity contribution in [3.05, 3.63) is 530 Å². The third kappa shape index (κ3) is 14.9. The monoisotopic (exact) mass is 1950 g/mol. The molecule has 0 saturated carbocycles. The van der Waals surface area contributed by atoms with Gasteiger partial charge in [0.25, 0.3) is 0 Å². The predicted molar refractivity (Wildman–Crippen MR) is 627 cm³/mol. The Morgan fingerprint density at radius 3 is 0.865 bits per heavy atom. The fraction of sp³-hybridized carbons (Fsp3) is 0.0652. The molecule has 0 radical (unpaired) electrons. The van der Waals surface area contributed by atoms with Gasteiger partial charge in [0.05, 0.1) is 50.4 Å². The van der Waals surface area contributed by atoms with Crippen LogP contribution < -0.4 is 14.7 Å². The number of fused-ring (bicyclic) bond motifs is 23. The fourth-order valence-corrected chi connectivity index (χ4v) is 28.1. The van der Waals surface area contributed by atoms with Crippen LogP contribution in [0, 0.1) is 11.3 Å². The van der Waals surface area contributed by atoms with Crippen molar-refractivity contribution in [1.82, 2.24) is 13.7 Å². The smallest absolute Gasteiger partial charge is 0.0991 e. The molecule has 7 nitrogen and oxygen atoms in total. The van der Waals surface area contributed by atoms with E-state index in [-0.39, 0.29) is 16.2 Å². The van der Waals surface area contributed by atoms with Gasteiger partial charge in [0.15, 0.2) is 0 Å². The van der Waals surface area contributed by atoms with Crippen molar-refractivity contribution >= 4 is 206 Å².